The number of benzene rings is 1. The van der Waals surface area contributed by atoms with E-state index in [9.17, 15) is 9.59 Å². The first kappa shape index (κ1) is 20.1. The minimum atomic E-state index is -0.559. The molecule has 28 heavy (non-hydrogen) atoms. The highest BCUT2D eigenvalue weighted by Crippen LogP contribution is 2.28. The Morgan fingerprint density at radius 1 is 1.25 bits per heavy atom. The Labute approximate surface area is 166 Å². The maximum absolute atomic E-state index is 12.7. The number of hydrogen-bond acceptors (Lipinski definition) is 4. The second-order valence-corrected chi connectivity index (χ2v) is 8.32. The highest BCUT2D eigenvalue weighted by atomic mass is 16.6. The van der Waals surface area contributed by atoms with E-state index >= 15 is 0 Å². The number of aromatic amines is 1. The lowest BCUT2D eigenvalue weighted by Crippen LogP contribution is -2.45. The van der Waals surface area contributed by atoms with Gasteiger partial charge in [-0.05, 0) is 26.3 Å². The fraction of sp³-hybridized carbons (Fsp3) is 0.455. The number of H-pyrrole nitrogens is 1. The Bertz CT molecular complexity index is 871. The molecule has 6 nitrogen and oxygen atoms in total. The molecule has 0 bridgehead atoms. The number of likely N-dealkylation sites (N-methyl/N-ethyl adjacent to an activating group) is 1. The monoisotopic (exact) mass is 383 g/mol. The van der Waals surface area contributed by atoms with Crippen LogP contribution in [0.1, 0.15) is 43.6 Å². The number of rotatable bonds is 4. The van der Waals surface area contributed by atoms with Crippen molar-refractivity contribution in [3.8, 4) is 0 Å². The maximum Gasteiger partial charge on any atom is 0.410 e. The van der Waals surface area contributed by atoms with Crippen LogP contribution in [0, 0.1) is 0 Å². The molecule has 1 amide bonds. The SMILES string of the molecule is CN(CC1c2c([nH]ccc2=O)CCN1Cc1ccccc1)C(=O)OC(C)(C)C. The normalized spacial score (nSPS) is 17.1. The Morgan fingerprint density at radius 2 is 1.96 bits per heavy atom. The van der Waals surface area contributed by atoms with Gasteiger partial charge in [-0.25, -0.2) is 4.79 Å². The fourth-order valence-corrected chi connectivity index (χ4v) is 3.59. The van der Waals surface area contributed by atoms with Gasteiger partial charge in [0.05, 0.1) is 6.04 Å². The summed E-state index contributed by atoms with van der Waals surface area (Å²) >= 11 is 0. The van der Waals surface area contributed by atoms with Gasteiger partial charge in [-0.2, -0.15) is 0 Å². The minimum absolute atomic E-state index is 0.00843. The molecule has 0 aliphatic carbocycles. The van der Waals surface area contributed by atoms with Crippen molar-refractivity contribution in [3.05, 3.63) is 69.6 Å². The summed E-state index contributed by atoms with van der Waals surface area (Å²) in [4.78, 5) is 32.2. The molecule has 1 atom stereocenters. The molecule has 2 heterocycles. The van der Waals surface area contributed by atoms with Gasteiger partial charge >= 0.3 is 6.09 Å². The van der Waals surface area contributed by atoms with Crippen LogP contribution in [0.4, 0.5) is 4.79 Å². The maximum atomic E-state index is 12.7. The molecule has 1 aromatic heterocycles. The average Bonchev–Trinajstić information content (AvgIpc) is 2.63. The lowest BCUT2D eigenvalue weighted by atomic mass is 9.95. The van der Waals surface area contributed by atoms with Gasteiger partial charge in [0, 0.05) is 56.6 Å². The number of fused-ring (bicyclic) bond motifs is 1. The second-order valence-electron chi connectivity index (χ2n) is 8.32. The van der Waals surface area contributed by atoms with E-state index in [0.717, 1.165) is 30.8 Å². The number of carbonyl (C=O) groups is 1. The number of pyridine rings is 1. The summed E-state index contributed by atoms with van der Waals surface area (Å²) in [5, 5.41) is 0. The standard InChI is InChI=1S/C22H29N3O3/c1-22(2,3)28-21(27)24(4)15-18-20-17(23-12-10-19(20)26)11-13-25(18)14-16-8-6-5-7-9-16/h5-10,12,18H,11,13-15H2,1-4H3,(H,23,26). The number of amides is 1. The third kappa shape index (κ3) is 4.81. The lowest BCUT2D eigenvalue weighted by Gasteiger charge is -2.38. The molecule has 0 saturated heterocycles. The molecule has 0 saturated carbocycles. The third-order valence-electron chi connectivity index (χ3n) is 4.89. The van der Waals surface area contributed by atoms with Gasteiger partial charge in [-0.1, -0.05) is 30.3 Å². The number of hydrogen-bond donors (Lipinski definition) is 1. The van der Waals surface area contributed by atoms with Crippen molar-refractivity contribution in [3.63, 3.8) is 0 Å². The van der Waals surface area contributed by atoms with E-state index in [-0.39, 0.29) is 17.6 Å². The van der Waals surface area contributed by atoms with E-state index in [1.807, 2.05) is 39.0 Å². The topological polar surface area (TPSA) is 65.6 Å². The Morgan fingerprint density at radius 3 is 2.64 bits per heavy atom. The first-order chi connectivity index (χ1) is 13.2. The number of carbonyl (C=O) groups excluding carboxylic acids is 1. The zero-order chi connectivity index (χ0) is 20.3. The predicted octanol–water partition coefficient (Wildman–Crippen LogP) is 3.34. The molecule has 1 aliphatic heterocycles. The summed E-state index contributed by atoms with van der Waals surface area (Å²) < 4.78 is 5.50. The number of nitrogens with one attached hydrogen (secondary N) is 1. The zero-order valence-electron chi connectivity index (χ0n) is 17.1. The van der Waals surface area contributed by atoms with Crippen LogP contribution in [0.3, 0.4) is 0 Å². The number of aromatic nitrogens is 1. The molecule has 1 unspecified atom stereocenters. The quantitative estimate of drug-likeness (QED) is 0.879. The molecule has 6 heteroatoms. The van der Waals surface area contributed by atoms with Crippen molar-refractivity contribution in [2.24, 2.45) is 0 Å². The molecule has 0 radical (unpaired) electrons. The molecular weight excluding hydrogens is 354 g/mol. The summed E-state index contributed by atoms with van der Waals surface area (Å²) in [7, 11) is 1.72. The average molecular weight is 383 g/mol. The van der Waals surface area contributed by atoms with Crippen LogP contribution < -0.4 is 5.43 Å². The van der Waals surface area contributed by atoms with Crippen LogP contribution in [0.5, 0.6) is 0 Å². The smallest absolute Gasteiger partial charge is 0.410 e. The summed E-state index contributed by atoms with van der Waals surface area (Å²) in [5.41, 5.74) is 2.34. The van der Waals surface area contributed by atoms with Gasteiger partial charge in [-0.3, -0.25) is 9.69 Å². The van der Waals surface area contributed by atoms with Crippen LogP contribution in [-0.4, -0.2) is 46.6 Å². The van der Waals surface area contributed by atoms with E-state index in [2.05, 4.69) is 22.0 Å². The summed E-state index contributed by atoms with van der Waals surface area (Å²) in [6.45, 7) is 7.47. The van der Waals surface area contributed by atoms with E-state index in [1.54, 1.807) is 24.2 Å². The van der Waals surface area contributed by atoms with Gasteiger partial charge in [0.25, 0.3) is 0 Å². The summed E-state index contributed by atoms with van der Waals surface area (Å²) in [6.07, 6.45) is 2.10. The van der Waals surface area contributed by atoms with E-state index < -0.39 is 5.60 Å². The van der Waals surface area contributed by atoms with Crippen molar-refractivity contribution in [2.45, 2.75) is 45.4 Å². The largest absolute Gasteiger partial charge is 0.444 e. The molecule has 1 aliphatic rings. The van der Waals surface area contributed by atoms with Crippen molar-refractivity contribution in [1.29, 1.82) is 0 Å². The van der Waals surface area contributed by atoms with Gasteiger partial charge in [0.1, 0.15) is 5.60 Å². The molecule has 1 aromatic carbocycles. The molecule has 2 aromatic rings. The molecular formula is C22H29N3O3. The Hall–Kier alpha value is -2.60. The lowest BCUT2D eigenvalue weighted by molar-refractivity contribution is 0.0228. The number of ether oxygens (including phenoxy) is 1. The fourth-order valence-electron chi connectivity index (χ4n) is 3.59. The van der Waals surface area contributed by atoms with Crippen molar-refractivity contribution < 1.29 is 9.53 Å². The molecule has 0 spiro atoms. The summed E-state index contributed by atoms with van der Waals surface area (Å²) in [5.74, 6) is 0. The van der Waals surface area contributed by atoms with E-state index in [0.29, 0.717) is 6.54 Å². The molecule has 3 rings (SSSR count). The minimum Gasteiger partial charge on any atom is -0.444 e. The second kappa shape index (κ2) is 8.19. The van der Waals surface area contributed by atoms with Crippen LogP contribution in [-0.2, 0) is 17.7 Å². The molecule has 150 valence electrons. The molecule has 0 fully saturated rings. The van der Waals surface area contributed by atoms with Crippen molar-refractivity contribution in [1.82, 2.24) is 14.8 Å². The Kier molecular flexibility index (Phi) is 5.89. The van der Waals surface area contributed by atoms with E-state index in [1.165, 1.54) is 5.56 Å². The zero-order valence-corrected chi connectivity index (χ0v) is 17.1. The van der Waals surface area contributed by atoms with Gasteiger partial charge in [0.2, 0.25) is 0 Å². The first-order valence-corrected chi connectivity index (χ1v) is 9.67. The van der Waals surface area contributed by atoms with E-state index in [4.69, 9.17) is 4.74 Å². The highest BCUT2D eigenvalue weighted by molar-refractivity contribution is 5.67. The van der Waals surface area contributed by atoms with Crippen LogP contribution in [0.2, 0.25) is 0 Å². The van der Waals surface area contributed by atoms with Crippen LogP contribution in [0.25, 0.3) is 0 Å². The van der Waals surface area contributed by atoms with Gasteiger partial charge in [0.15, 0.2) is 5.43 Å². The van der Waals surface area contributed by atoms with Crippen LogP contribution in [0.15, 0.2) is 47.4 Å². The highest BCUT2D eigenvalue weighted by Gasteiger charge is 2.32. The van der Waals surface area contributed by atoms with Crippen molar-refractivity contribution >= 4 is 6.09 Å². The third-order valence-corrected chi connectivity index (χ3v) is 4.89. The van der Waals surface area contributed by atoms with Crippen LogP contribution >= 0.6 is 0 Å². The van der Waals surface area contributed by atoms with Gasteiger partial charge < -0.3 is 14.6 Å². The Balaban J connectivity index is 1.87. The van der Waals surface area contributed by atoms with Crippen molar-refractivity contribution in [2.75, 3.05) is 20.1 Å². The summed E-state index contributed by atoms with van der Waals surface area (Å²) in [6, 6.07) is 11.6. The first-order valence-electron chi connectivity index (χ1n) is 9.67. The van der Waals surface area contributed by atoms with Gasteiger partial charge in [-0.15, -0.1) is 0 Å². The molecule has 1 N–H and O–H groups in total. The number of nitrogens with zero attached hydrogens (tertiary/aromatic N) is 2. The predicted molar refractivity (Wildman–Crippen MR) is 109 cm³/mol.